The lowest BCUT2D eigenvalue weighted by Gasteiger charge is -2.24. The summed E-state index contributed by atoms with van der Waals surface area (Å²) in [6.45, 7) is 8.49. The maximum absolute atomic E-state index is 13.0. The molecule has 0 aromatic heterocycles. The highest BCUT2D eigenvalue weighted by Crippen LogP contribution is 2.26. The van der Waals surface area contributed by atoms with E-state index >= 15 is 0 Å². The van der Waals surface area contributed by atoms with E-state index in [1.165, 1.54) is 0 Å². The van der Waals surface area contributed by atoms with Gasteiger partial charge in [0, 0.05) is 40.3 Å². The van der Waals surface area contributed by atoms with Crippen LogP contribution in [-0.4, -0.2) is 51.3 Å². The Bertz CT molecular complexity index is 376. The first-order valence-corrected chi connectivity index (χ1v) is 16.0. The van der Waals surface area contributed by atoms with Crippen molar-refractivity contribution in [3.8, 4) is 0 Å². The van der Waals surface area contributed by atoms with Crippen LogP contribution in [0.5, 0.6) is 0 Å². The van der Waals surface area contributed by atoms with Gasteiger partial charge in [-0.1, -0.05) is 39.5 Å². The summed E-state index contributed by atoms with van der Waals surface area (Å²) in [6.07, 6.45) is 8.14. The lowest BCUT2D eigenvalue weighted by Crippen LogP contribution is -2.35. The van der Waals surface area contributed by atoms with Gasteiger partial charge in [-0.25, -0.2) is 0 Å². The van der Waals surface area contributed by atoms with E-state index in [1.54, 1.807) is 28.4 Å². The maximum atomic E-state index is 13.0. The fraction of sp³-hybridized carbons (Fsp3) is 0.952. The zero-order valence-corrected chi connectivity index (χ0v) is 21.8. The van der Waals surface area contributed by atoms with Gasteiger partial charge < -0.3 is 17.7 Å². The third-order valence-corrected chi connectivity index (χ3v) is 12.4. The summed E-state index contributed by atoms with van der Waals surface area (Å²) in [6, 6.07) is 1.98. The molecule has 0 saturated heterocycles. The summed E-state index contributed by atoms with van der Waals surface area (Å²) < 4.78 is 22.2. The predicted octanol–water partition coefficient (Wildman–Crippen LogP) is 5.68. The number of rotatable bonds is 18. The smallest absolute Gasteiger partial charge is 0.334 e. The molecule has 0 amide bonds. The highest BCUT2D eigenvalue weighted by atomic mass is 28.4. The van der Waals surface area contributed by atoms with E-state index in [2.05, 4.69) is 26.9 Å². The van der Waals surface area contributed by atoms with E-state index in [-0.39, 0.29) is 11.8 Å². The minimum Gasteiger partial charge on any atom is -0.398 e. The Hall–Kier alpha value is -0.0562. The molecule has 0 fully saturated rings. The van der Waals surface area contributed by atoms with Gasteiger partial charge in [-0.3, -0.25) is 4.79 Å². The second kappa shape index (κ2) is 14.9. The summed E-state index contributed by atoms with van der Waals surface area (Å²) >= 11 is 0. The van der Waals surface area contributed by atoms with Crippen LogP contribution in [0.3, 0.4) is 0 Å². The van der Waals surface area contributed by atoms with E-state index < -0.39 is 17.1 Å². The van der Waals surface area contributed by atoms with Gasteiger partial charge in [0.15, 0.2) is 0 Å². The number of Topliss-reactive ketones (excluding diaryl/α,β-unsaturated/α-hetero) is 1. The molecule has 7 heteroatoms. The first-order chi connectivity index (χ1) is 13.2. The summed E-state index contributed by atoms with van der Waals surface area (Å²) in [4.78, 5) is 13.0. The van der Waals surface area contributed by atoms with Crippen molar-refractivity contribution in [1.82, 2.24) is 0 Å². The summed E-state index contributed by atoms with van der Waals surface area (Å²) in [7, 11) is 3.00. The number of hydrogen-bond acceptors (Lipinski definition) is 5. The van der Waals surface area contributed by atoms with E-state index in [1.807, 2.05) is 0 Å². The Balaban J connectivity index is 4.40. The van der Waals surface area contributed by atoms with Crippen molar-refractivity contribution >= 4 is 22.9 Å². The lowest BCUT2D eigenvalue weighted by atomic mass is 9.83. The van der Waals surface area contributed by atoms with Crippen molar-refractivity contribution in [3.63, 3.8) is 0 Å². The average molecular weight is 435 g/mol. The number of carbonyl (C=O) groups excluding carboxylic acids is 1. The minimum absolute atomic E-state index is 0.195. The molecule has 5 nitrogen and oxygen atoms in total. The maximum Gasteiger partial charge on any atom is 0.334 e. The molecule has 0 radical (unpaired) electrons. The van der Waals surface area contributed by atoms with Gasteiger partial charge in [-0.2, -0.15) is 0 Å². The molecule has 0 aliphatic heterocycles. The zero-order valence-electron chi connectivity index (χ0n) is 19.8. The topological polar surface area (TPSA) is 54.0 Å². The number of ketones is 1. The van der Waals surface area contributed by atoms with E-state index in [9.17, 15) is 4.79 Å². The van der Waals surface area contributed by atoms with Gasteiger partial charge >= 0.3 is 17.1 Å². The number of unbranched alkanes of at least 4 members (excludes halogenated alkanes) is 2. The molecule has 0 aromatic carbocycles. The Morgan fingerprint density at radius 1 is 0.679 bits per heavy atom. The molecule has 0 bridgehead atoms. The van der Waals surface area contributed by atoms with Crippen LogP contribution in [-0.2, 0) is 22.5 Å². The van der Waals surface area contributed by atoms with Crippen LogP contribution in [0.2, 0.25) is 25.2 Å². The summed E-state index contributed by atoms with van der Waals surface area (Å²) in [5.74, 6) is 0.864. The number of hydrogen-bond donors (Lipinski definition) is 0. The van der Waals surface area contributed by atoms with Crippen LogP contribution in [0.4, 0.5) is 0 Å². The van der Waals surface area contributed by atoms with Crippen molar-refractivity contribution in [3.05, 3.63) is 0 Å². The van der Waals surface area contributed by atoms with E-state index in [0.29, 0.717) is 5.78 Å². The molecule has 168 valence electrons. The van der Waals surface area contributed by atoms with Gasteiger partial charge in [0.1, 0.15) is 5.78 Å². The van der Waals surface area contributed by atoms with Gasteiger partial charge in [-0.15, -0.1) is 0 Å². The highest BCUT2D eigenvalue weighted by molar-refractivity contribution is 6.66. The normalized spacial score (nSPS) is 14.9. The summed E-state index contributed by atoms with van der Waals surface area (Å²) in [5.41, 5.74) is 0. The molecular weight excluding hydrogens is 388 g/mol. The Morgan fingerprint density at radius 3 is 1.25 bits per heavy atom. The second-order valence-electron chi connectivity index (χ2n) is 8.19. The van der Waals surface area contributed by atoms with Crippen molar-refractivity contribution < 1.29 is 22.5 Å². The molecule has 0 saturated carbocycles. The molecule has 0 rings (SSSR count). The molecule has 2 unspecified atom stereocenters. The lowest BCUT2D eigenvalue weighted by molar-refractivity contribution is -0.127. The monoisotopic (exact) mass is 434 g/mol. The first-order valence-electron chi connectivity index (χ1n) is 11.0. The van der Waals surface area contributed by atoms with Crippen LogP contribution in [0.1, 0.15) is 65.2 Å². The van der Waals surface area contributed by atoms with Crippen LogP contribution in [0.25, 0.3) is 0 Å². The van der Waals surface area contributed by atoms with Crippen molar-refractivity contribution in [1.29, 1.82) is 0 Å². The fourth-order valence-electron chi connectivity index (χ4n) is 3.68. The Morgan fingerprint density at radius 2 is 1.00 bits per heavy atom. The highest BCUT2D eigenvalue weighted by Gasteiger charge is 2.30. The van der Waals surface area contributed by atoms with Crippen LogP contribution in [0, 0.1) is 11.8 Å². The molecule has 0 N–H and O–H groups in total. The summed E-state index contributed by atoms with van der Waals surface area (Å²) in [5, 5.41) is 0. The van der Waals surface area contributed by atoms with Gasteiger partial charge in [-0.05, 0) is 50.9 Å². The van der Waals surface area contributed by atoms with Crippen LogP contribution >= 0.6 is 0 Å². The third kappa shape index (κ3) is 10.1. The van der Waals surface area contributed by atoms with Crippen LogP contribution in [0.15, 0.2) is 0 Å². The molecule has 0 spiro atoms. The SMILES string of the molecule is CCC(CCCC[Si](C)(OC)OC)C(=O)C(CC)CCCC[Si](C)(OC)OC. The molecule has 0 aromatic rings. The Kier molecular flexibility index (Phi) is 14.8. The van der Waals surface area contributed by atoms with Crippen molar-refractivity contribution in [2.75, 3.05) is 28.4 Å². The first kappa shape index (κ1) is 27.9. The molecule has 0 aliphatic carbocycles. The number of carbonyl (C=O) groups is 1. The zero-order chi connectivity index (χ0) is 21.6. The molecule has 0 heterocycles. The van der Waals surface area contributed by atoms with Gasteiger partial charge in [0.05, 0.1) is 0 Å². The van der Waals surface area contributed by atoms with Crippen molar-refractivity contribution in [2.24, 2.45) is 11.8 Å². The quantitative estimate of drug-likeness (QED) is 0.205. The van der Waals surface area contributed by atoms with Gasteiger partial charge in [0.2, 0.25) is 0 Å². The van der Waals surface area contributed by atoms with E-state index in [4.69, 9.17) is 17.7 Å². The fourth-order valence-corrected chi connectivity index (χ4v) is 6.61. The molecule has 28 heavy (non-hydrogen) atoms. The largest absolute Gasteiger partial charge is 0.398 e. The predicted molar refractivity (Wildman–Crippen MR) is 121 cm³/mol. The molecular formula is C21H46O5Si2. The van der Waals surface area contributed by atoms with E-state index in [0.717, 1.165) is 63.5 Å². The van der Waals surface area contributed by atoms with Crippen LogP contribution < -0.4 is 0 Å². The minimum atomic E-state index is -1.98. The standard InChI is InChI=1S/C21H46O5Si2/c1-9-19(15-11-13-17-27(7,23-3)24-4)21(22)20(10-2)16-12-14-18-28(8,25-5)26-6/h19-20H,9-18H2,1-8H3. The average Bonchev–Trinajstić information content (AvgIpc) is 2.73. The third-order valence-electron chi connectivity index (χ3n) is 6.38. The Labute approximate surface area is 176 Å². The van der Waals surface area contributed by atoms with Gasteiger partial charge in [0.25, 0.3) is 0 Å². The van der Waals surface area contributed by atoms with Crippen molar-refractivity contribution in [2.45, 2.75) is 90.4 Å². The molecule has 0 aliphatic rings. The second-order valence-corrected chi connectivity index (χ2v) is 15.4. The molecule has 2 atom stereocenters.